The van der Waals surface area contributed by atoms with E-state index in [4.69, 9.17) is 5.73 Å². The molecule has 0 bridgehead atoms. The third-order valence-corrected chi connectivity index (χ3v) is 7.37. The number of amides is 4. The first-order valence-electron chi connectivity index (χ1n) is 10.1. The van der Waals surface area contributed by atoms with Crippen LogP contribution in [0.25, 0.3) is 0 Å². The first kappa shape index (κ1) is 19.1. The van der Waals surface area contributed by atoms with Crippen molar-refractivity contribution in [1.29, 1.82) is 0 Å². The van der Waals surface area contributed by atoms with E-state index in [0.717, 1.165) is 61.8 Å². The van der Waals surface area contributed by atoms with Gasteiger partial charge in [-0.1, -0.05) is 12.8 Å². The first-order chi connectivity index (χ1) is 13.5. The minimum Gasteiger partial charge on any atom is -0.365 e. The third-order valence-electron chi connectivity index (χ3n) is 6.17. The molecule has 28 heavy (non-hydrogen) atoms. The van der Waals surface area contributed by atoms with Crippen LogP contribution in [0.15, 0.2) is 0 Å². The molecule has 150 valence electrons. The Hall–Kier alpha value is -2.22. The van der Waals surface area contributed by atoms with Crippen molar-refractivity contribution in [3.63, 3.8) is 0 Å². The molecule has 4 rings (SSSR count). The van der Waals surface area contributed by atoms with Gasteiger partial charge in [0.25, 0.3) is 5.91 Å². The monoisotopic (exact) mass is 403 g/mol. The lowest BCUT2D eigenvalue weighted by Crippen LogP contribution is -2.34. The highest BCUT2D eigenvalue weighted by molar-refractivity contribution is 7.17. The highest BCUT2D eigenvalue weighted by Crippen LogP contribution is 2.39. The van der Waals surface area contributed by atoms with Crippen LogP contribution in [-0.2, 0) is 27.2 Å². The largest absolute Gasteiger partial charge is 0.365 e. The molecule has 2 fully saturated rings. The van der Waals surface area contributed by atoms with Crippen LogP contribution in [-0.4, -0.2) is 35.1 Å². The number of hydrogen-bond acceptors (Lipinski definition) is 5. The lowest BCUT2D eigenvalue weighted by Gasteiger charge is -2.19. The average molecular weight is 404 g/mol. The second-order valence-corrected chi connectivity index (χ2v) is 9.01. The summed E-state index contributed by atoms with van der Waals surface area (Å²) in [5.41, 5.74) is 6.94. The molecule has 0 radical (unpaired) electrons. The molecule has 2 heterocycles. The number of thiophene rings is 1. The van der Waals surface area contributed by atoms with Gasteiger partial charge in [-0.25, -0.2) is 0 Å². The Morgan fingerprint density at radius 1 is 1.04 bits per heavy atom. The van der Waals surface area contributed by atoms with Gasteiger partial charge in [0.05, 0.1) is 17.4 Å². The number of likely N-dealkylation sites (tertiary alicyclic amines) is 1. The zero-order valence-corrected chi connectivity index (χ0v) is 16.6. The molecule has 1 saturated carbocycles. The molecule has 8 heteroatoms. The van der Waals surface area contributed by atoms with E-state index < -0.39 is 5.91 Å². The molecular weight excluding hydrogens is 378 g/mol. The molecule has 7 nitrogen and oxygen atoms in total. The van der Waals surface area contributed by atoms with Gasteiger partial charge in [0.2, 0.25) is 17.7 Å². The number of carbonyl (C=O) groups excluding carboxylic acids is 4. The molecule has 3 N–H and O–H groups in total. The Morgan fingerprint density at radius 3 is 2.32 bits per heavy atom. The number of nitrogens with one attached hydrogen (secondary N) is 1. The van der Waals surface area contributed by atoms with E-state index >= 15 is 0 Å². The van der Waals surface area contributed by atoms with E-state index in [1.54, 1.807) is 0 Å². The number of imide groups is 1. The maximum Gasteiger partial charge on any atom is 0.251 e. The fourth-order valence-corrected chi connectivity index (χ4v) is 6.08. The molecule has 1 aromatic heterocycles. The summed E-state index contributed by atoms with van der Waals surface area (Å²) >= 11 is 1.41. The predicted octanol–water partition coefficient (Wildman–Crippen LogP) is 2.23. The number of carbonyl (C=O) groups is 4. The van der Waals surface area contributed by atoms with Gasteiger partial charge < -0.3 is 11.1 Å². The molecule has 1 aromatic rings. The topological polar surface area (TPSA) is 110 Å². The van der Waals surface area contributed by atoms with E-state index in [1.165, 1.54) is 16.2 Å². The number of primary amides is 1. The van der Waals surface area contributed by atoms with Crippen molar-refractivity contribution in [2.75, 3.05) is 11.9 Å². The van der Waals surface area contributed by atoms with E-state index in [9.17, 15) is 19.2 Å². The number of rotatable bonds is 5. The molecular formula is C20H25N3O4S. The predicted molar refractivity (Wildman–Crippen MR) is 105 cm³/mol. The molecule has 1 saturated heterocycles. The van der Waals surface area contributed by atoms with Gasteiger partial charge in [0.15, 0.2) is 0 Å². The van der Waals surface area contributed by atoms with Crippen LogP contribution in [0.4, 0.5) is 5.00 Å². The van der Waals surface area contributed by atoms with Crippen LogP contribution < -0.4 is 11.1 Å². The maximum atomic E-state index is 12.5. The Morgan fingerprint density at radius 2 is 1.68 bits per heavy atom. The number of fused-ring (bicyclic) bond motifs is 2. The maximum absolute atomic E-state index is 12.5. The van der Waals surface area contributed by atoms with Gasteiger partial charge in [0.1, 0.15) is 5.00 Å². The van der Waals surface area contributed by atoms with Gasteiger partial charge in [-0.05, 0) is 44.1 Å². The Balaban J connectivity index is 1.41. The van der Waals surface area contributed by atoms with Gasteiger partial charge in [0, 0.05) is 17.8 Å². The zero-order chi connectivity index (χ0) is 19.8. The fraction of sp³-hybridized carbons (Fsp3) is 0.600. The van der Waals surface area contributed by atoms with Crippen molar-refractivity contribution in [1.82, 2.24) is 4.90 Å². The van der Waals surface area contributed by atoms with Crippen molar-refractivity contribution in [3.8, 4) is 0 Å². The molecule has 3 aliphatic rings. The molecule has 2 aliphatic carbocycles. The van der Waals surface area contributed by atoms with Crippen molar-refractivity contribution < 1.29 is 19.2 Å². The van der Waals surface area contributed by atoms with E-state index in [2.05, 4.69) is 5.32 Å². The summed E-state index contributed by atoms with van der Waals surface area (Å²) in [6.45, 7) is 0.0908. The van der Waals surface area contributed by atoms with Crippen LogP contribution in [0, 0.1) is 11.8 Å². The molecule has 0 unspecified atom stereocenters. The fourth-order valence-electron chi connectivity index (χ4n) is 4.77. The van der Waals surface area contributed by atoms with Crippen LogP contribution >= 0.6 is 11.3 Å². The molecule has 0 spiro atoms. The summed E-state index contributed by atoms with van der Waals surface area (Å²) in [7, 11) is 0. The van der Waals surface area contributed by atoms with Gasteiger partial charge in [-0.2, -0.15) is 0 Å². The lowest BCUT2D eigenvalue weighted by atomic mass is 9.81. The van der Waals surface area contributed by atoms with E-state index in [-0.39, 0.29) is 42.5 Å². The van der Waals surface area contributed by atoms with Crippen molar-refractivity contribution in [2.24, 2.45) is 17.6 Å². The van der Waals surface area contributed by atoms with Crippen LogP contribution in [0.2, 0.25) is 0 Å². The van der Waals surface area contributed by atoms with Gasteiger partial charge >= 0.3 is 0 Å². The summed E-state index contributed by atoms with van der Waals surface area (Å²) in [5, 5.41) is 3.29. The van der Waals surface area contributed by atoms with E-state index in [0.29, 0.717) is 10.6 Å². The van der Waals surface area contributed by atoms with Gasteiger partial charge in [-0.3, -0.25) is 24.1 Å². The third kappa shape index (κ3) is 3.34. The van der Waals surface area contributed by atoms with Crippen molar-refractivity contribution >= 4 is 40.0 Å². The number of nitrogens with zero attached hydrogens (tertiary/aromatic N) is 1. The molecule has 0 aromatic carbocycles. The quantitative estimate of drug-likeness (QED) is 0.735. The van der Waals surface area contributed by atoms with Crippen molar-refractivity contribution in [2.45, 2.75) is 57.8 Å². The first-order valence-corrected chi connectivity index (χ1v) is 10.9. The number of anilines is 1. The normalized spacial score (nSPS) is 24.1. The van der Waals surface area contributed by atoms with Crippen molar-refractivity contribution in [3.05, 3.63) is 16.0 Å². The SMILES string of the molecule is NC(=O)c1c(NC(=O)CCN2C(=O)[C@H]3CCCC[C@H]3C2=O)sc2c1CCCC2. The standard InChI is InChI=1S/C20H25N3O4S/c21-17(25)16-13-7-3-4-8-14(13)28-18(16)22-15(24)9-10-23-19(26)11-5-1-2-6-12(11)20(23)27/h11-12H,1-10H2,(H2,21,25)(H,22,24)/t11-,12+. The summed E-state index contributed by atoms with van der Waals surface area (Å²) in [6, 6.07) is 0. The minimum absolute atomic E-state index is 0.0255. The van der Waals surface area contributed by atoms with E-state index in [1.807, 2.05) is 0 Å². The summed E-state index contributed by atoms with van der Waals surface area (Å²) < 4.78 is 0. The Bertz CT molecular complexity index is 823. The smallest absolute Gasteiger partial charge is 0.251 e. The van der Waals surface area contributed by atoms with Gasteiger partial charge in [-0.15, -0.1) is 11.3 Å². The number of nitrogens with two attached hydrogens (primary N) is 1. The van der Waals surface area contributed by atoms with Crippen LogP contribution in [0.5, 0.6) is 0 Å². The second kappa shape index (κ2) is 7.66. The zero-order valence-electron chi connectivity index (χ0n) is 15.8. The molecule has 4 amide bonds. The summed E-state index contributed by atoms with van der Waals surface area (Å²) in [6.07, 6.45) is 7.30. The highest BCUT2D eigenvalue weighted by atomic mass is 32.1. The molecule has 2 atom stereocenters. The lowest BCUT2D eigenvalue weighted by molar-refractivity contribution is -0.140. The average Bonchev–Trinajstić information content (AvgIpc) is 3.16. The summed E-state index contributed by atoms with van der Waals surface area (Å²) in [4.78, 5) is 51.8. The van der Waals surface area contributed by atoms with Crippen LogP contribution in [0.3, 0.4) is 0 Å². The minimum atomic E-state index is -0.524. The highest BCUT2D eigenvalue weighted by Gasteiger charge is 2.47. The Kier molecular flexibility index (Phi) is 5.23. The number of aryl methyl sites for hydroxylation is 1. The molecule has 1 aliphatic heterocycles. The Labute approximate surface area is 167 Å². The number of hydrogen-bond donors (Lipinski definition) is 2. The summed E-state index contributed by atoms with van der Waals surface area (Å²) in [5.74, 6) is -1.50. The van der Waals surface area contributed by atoms with Crippen LogP contribution in [0.1, 0.15) is 65.7 Å². The second-order valence-electron chi connectivity index (χ2n) is 7.90.